The quantitative estimate of drug-likeness (QED) is 0.832. The molecule has 0 aliphatic heterocycles. The second-order valence-corrected chi connectivity index (χ2v) is 5.89. The van der Waals surface area contributed by atoms with Crippen molar-refractivity contribution in [2.45, 2.75) is 40.2 Å². The van der Waals surface area contributed by atoms with E-state index in [1.807, 2.05) is 27.7 Å². The van der Waals surface area contributed by atoms with E-state index in [1.54, 1.807) is 13.1 Å². The van der Waals surface area contributed by atoms with Gasteiger partial charge in [0.1, 0.15) is 5.60 Å². The van der Waals surface area contributed by atoms with Crippen LogP contribution >= 0.6 is 0 Å². The highest BCUT2D eigenvalue weighted by Gasteiger charge is 2.18. The molecule has 24 heavy (non-hydrogen) atoms. The summed E-state index contributed by atoms with van der Waals surface area (Å²) in [6.07, 6.45) is 5.61. The van der Waals surface area contributed by atoms with E-state index in [0.29, 0.717) is 5.69 Å². The van der Waals surface area contributed by atoms with Gasteiger partial charge in [0.2, 0.25) is 0 Å². The van der Waals surface area contributed by atoms with Crippen LogP contribution in [0.4, 0.5) is 0 Å². The minimum absolute atomic E-state index is 0.0226. The fraction of sp³-hybridized carbons (Fsp3) is 0.375. The first kappa shape index (κ1) is 19.1. The van der Waals surface area contributed by atoms with Crippen molar-refractivity contribution in [3.05, 3.63) is 47.6 Å². The molecule has 8 nitrogen and oxygen atoms in total. The third kappa shape index (κ3) is 6.91. The Morgan fingerprint density at radius 3 is 1.67 bits per heavy atom. The van der Waals surface area contributed by atoms with Crippen LogP contribution in [0.15, 0.2) is 24.8 Å². The molecule has 0 radical (unpaired) electrons. The Bertz CT molecular complexity index is 692. The fourth-order valence-corrected chi connectivity index (χ4v) is 1.33. The van der Waals surface area contributed by atoms with Gasteiger partial charge in [-0.25, -0.2) is 19.6 Å². The van der Waals surface area contributed by atoms with Gasteiger partial charge >= 0.3 is 11.9 Å². The zero-order valence-electron chi connectivity index (χ0n) is 14.3. The Balaban J connectivity index is 0.000000254. The molecule has 0 fully saturated rings. The van der Waals surface area contributed by atoms with Crippen molar-refractivity contribution in [1.29, 1.82) is 0 Å². The Morgan fingerprint density at radius 2 is 1.33 bits per heavy atom. The predicted octanol–water partition coefficient (Wildman–Crippen LogP) is 2.22. The van der Waals surface area contributed by atoms with Crippen molar-refractivity contribution in [2.75, 3.05) is 0 Å². The number of ether oxygens (including phenoxy) is 1. The molecule has 0 aromatic carbocycles. The van der Waals surface area contributed by atoms with E-state index in [0.717, 1.165) is 5.69 Å². The number of carbonyl (C=O) groups excluding carboxylic acids is 1. The fourth-order valence-electron chi connectivity index (χ4n) is 1.33. The number of aromatic carboxylic acids is 1. The summed E-state index contributed by atoms with van der Waals surface area (Å²) in [5.74, 6) is -1.49. The van der Waals surface area contributed by atoms with Gasteiger partial charge in [-0.3, -0.25) is 9.97 Å². The average molecular weight is 332 g/mol. The first-order valence-corrected chi connectivity index (χ1v) is 7.12. The first-order valence-electron chi connectivity index (χ1n) is 7.12. The van der Waals surface area contributed by atoms with Crippen LogP contribution in [0.3, 0.4) is 0 Å². The average Bonchev–Trinajstić information content (AvgIpc) is 2.47. The molecular weight excluding hydrogens is 312 g/mol. The lowest BCUT2D eigenvalue weighted by atomic mass is 10.2. The predicted molar refractivity (Wildman–Crippen MR) is 85.7 cm³/mol. The van der Waals surface area contributed by atoms with Crippen molar-refractivity contribution >= 4 is 11.9 Å². The van der Waals surface area contributed by atoms with Gasteiger partial charge in [-0.1, -0.05) is 0 Å². The first-order chi connectivity index (χ1) is 11.1. The van der Waals surface area contributed by atoms with E-state index in [2.05, 4.69) is 19.9 Å². The highest BCUT2D eigenvalue weighted by atomic mass is 16.6. The molecule has 128 valence electrons. The summed E-state index contributed by atoms with van der Waals surface area (Å²) in [6, 6.07) is 0. The molecule has 2 aromatic rings. The van der Waals surface area contributed by atoms with Crippen LogP contribution in [-0.2, 0) is 4.74 Å². The molecule has 0 aliphatic rings. The maximum Gasteiger partial charge on any atom is 0.359 e. The molecule has 2 aromatic heterocycles. The summed E-state index contributed by atoms with van der Waals surface area (Å²) in [5.41, 5.74) is 1.21. The third-order valence-electron chi connectivity index (χ3n) is 2.39. The molecule has 0 bridgehead atoms. The van der Waals surface area contributed by atoms with Crippen molar-refractivity contribution < 1.29 is 19.4 Å². The van der Waals surface area contributed by atoms with Crippen LogP contribution < -0.4 is 0 Å². The van der Waals surface area contributed by atoms with E-state index in [-0.39, 0.29) is 11.4 Å². The van der Waals surface area contributed by atoms with Crippen molar-refractivity contribution in [3.63, 3.8) is 0 Å². The van der Waals surface area contributed by atoms with Gasteiger partial charge < -0.3 is 9.84 Å². The van der Waals surface area contributed by atoms with E-state index in [1.165, 1.54) is 18.6 Å². The molecule has 0 spiro atoms. The summed E-state index contributed by atoms with van der Waals surface area (Å²) in [4.78, 5) is 36.9. The molecule has 2 heterocycles. The molecule has 8 heteroatoms. The van der Waals surface area contributed by atoms with E-state index in [9.17, 15) is 9.59 Å². The number of hydrogen-bond acceptors (Lipinski definition) is 7. The van der Waals surface area contributed by atoms with Crippen molar-refractivity contribution in [2.24, 2.45) is 0 Å². The number of aryl methyl sites for hydroxylation is 2. The number of carboxylic acids is 1. The highest BCUT2D eigenvalue weighted by molar-refractivity contribution is 5.87. The maximum atomic E-state index is 11.4. The van der Waals surface area contributed by atoms with Crippen LogP contribution in [0.5, 0.6) is 0 Å². The minimum atomic E-state index is -1.05. The summed E-state index contributed by atoms with van der Waals surface area (Å²) < 4.78 is 5.12. The second-order valence-electron chi connectivity index (χ2n) is 5.89. The van der Waals surface area contributed by atoms with Gasteiger partial charge in [0.15, 0.2) is 11.4 Å². The smallest absolute Gasteiger partial charge is 0.359 e. The van der Waals surface area contributed by atoms with Gasteiger partial charge in [0.05, 0.1) is 23.8 Å². The number of carboxylic acid groups (broad SMARTS) is 1. The summed E-state index contributed by atoms with van der Waals surface area (Å²) >= 11 is 0. The Labute approximate surface area is 140 Å². The van der Waals surface area contributed by atoms with Gasteiger partial charge in [0, 0.05) is 12.4 Å². The van der Waals surface area contributed by atoms with Crippen LogP contribution in [-0.4, -0.2) is 42.6 Å². The lowest BCUT2D eigenvalue weighted by Crippen LogP contribution is -2.24. The highest BCUT2D eigenvalue weighted by Crippen LogP contribution is 2.09. The van der Waals surface area contributed by atoms with Gasteiger partial charge in [-0.05, 0) is 34.6 Å². The van der Waals surface area contributed by atoms with Crippen molar-refractivity contribution in [1.82, 2.24) is 19.9 Å². The Morgan fingerprint density at radius 1 is 0.875 bits per heavy atom. The van der Waals surface area contributed by atoms with Gasteiger partial charge in [-0.15, -0.1) is 0 Å². The molecule has 2 rings (SSSR count). The lowest BCUT2D eigenvalue weighted by Gasteiger charge is -2.18. The zero-order chi connectivity index (χ0) is 18.3. The molecule has 0 unspecified atom stereocenters. The minimum Gasteiger partial charge on any atom is -0.476 e. The normalized spacial score (nSPS) is 10.4. The van der Waals surface area contributed by atoms with Gasteiger partial charge in [-0.2, -0.15) is 0 Å². The van der Waals surface area contributed by atoms with Crippen LogP contribution in [0.1, 0.15) is 53.1 Å². The van der Waals surface area contributed by atoms with Crippen LogP contribution in [0.25, 0.3) is 0 Å². The van der Waals surface area contributed by atoms with E-state index >= 15 is 0 Å². The topological polar surface area (TPSA) is 115 Å². The van der Waals surface area contributed by atoms with Crippen LogP contribution in [0.2, 0.25) is 0 Å². The number of carbonyl (C=O) groups is 2. The molecule has 0 saturated heterocycles. The maximum absolute atomic E-state index is 11.4. The summed E-state index contributed by atoms with van der Waals surface area (Å²) in [5, 5.41) is 8.37. The monoisotopic (exact) mass is 332 g/mol. The number of rotatable bonds is 2. The second kappa shape index (κ2) is 8.09. The van der Waals surface area contributed by atoms with E-state index in [4.69, 9.17) is 9.84 Å². The number of nitrogens with zero attached hydrogens (tertiary/aromatic N) is 4. The molecule has 0 amide bonds. The Kier molecular flexibility index (Phi) is 6.46. The molecular formula is C16H20N4O4. The van der Waals surface area contributed by atoms with Gasteiger partial charge in [0.25, 0.3) is 0 Å². The molecule has 1 N–H and O–H groups in total. The molecule has 0 saturated carbocycles. The molecule has 0 atom stereocenters. The summed E-state index contributed by atoms with van der Waals surface area (Å²) in [7, 11) is 0. The van der Waals surface area contributed by atoms with Crippen LogP contribution in [0, 0.1) is 13.8 Å². The molecule has 0 aliphatic carbocycles. The lowest BCUT2D eigenvalue weighted by molar-refractivity contribution is 0.00621. The number of aromatic nitrogens is 4. The van der Waals surface area contributed by atoms with E-state index < -0.39 is 17.5 Å². The number of esters is 1. The standard InChI is InChI=1S/C10H14N2O2.C6H6N2O2/c1-7-5-12-8(6-11-7)9(13)14-10(2,3)4;1-4-2-8-5(3-7-4)6(9)10/h5-6H,1-4H3;2-3H,1H3,(H,9,10). The largest absolute Gasteiger partial charge is 0.476 e. The SMILES string of the molecule is Cc1cnc(C(=O)O)cn1.Cc1cnc(C(=O)OC(C)(C)C)cn1. The zero-order valence-corrected chi connectivity index (χ0v) is 14.3. The summed E-state index contributed by atoms with van der Waals surface area (Å²) in [6.45, 7) is 9.00. The third-order valence-corrected chi connectivity index (χ3v) is 2.39. The number of hydrogen-bond donors (Lipinski definition) is 1. The Hall–Kier alpha value is -2.90. The van der Waals surface area contributed by atoms with Crippen molar-refractivity contribution in [3.8, 4) is 0 Å².